The van der Waals surface area contributed by atoms with Crippen molar-refractivity contribution in [3.63, 3.8) is 0 Å². The highest BCUT2D eigenvalue weighted by molar-refractivity contribution is 6.34. The van der Waals surface area contributed by atoms with Gasteiger partial charge in [0, 0.05) is 5.39 Å². The highest BCUT2D eigenvalue weighted by atomic mass is 35.5. The van der Waals surface area contributed by atoms with E-state index in [1.807, 2.05) is 0 Å². The topological polar surface area (TPSA) is 71.5 Å². The van der Waals surface area contributed by atoms with Crippen molar-refractivity contribution in [2.45, 2.75) is 12.4 Å². The molecule has 156 valence electrons. The predicted octanol–water partition coefficient (Wildman–Crippen LogP) is 5.24. The van der Waals surface area contributed by atoms with E-state index >= 15 is 0 Å². The van der Waals surface area contributed by atoms with Crippen LogP contribution in [-0.4, -0.2) is 19.9 Å². The Balaban J connectivity index is 0.000000171. The van der Waals surface area contributed by atoms with Crippen molar-refractivity contribution in [2.24, 2.45) is 0 Å². The van der Waals surface area contributed by atoms with Gasteiger partial charge >= 0.3 is 12.4 Å². The molecule has 5 nitrogen and oxygen atoms in total. The van der Waals surface area contributed by atoms with Gasteiger partial charge in [0.15, 0.2) is 0 Å². The summed E-state index contributed by atoms with van der Waals surface area (Å²) in [5, 5.41) is 0.160. The molecule has 0 bridgehead atoms. The maximum atomic E-state index is 12.4. The molecular weight excluding hydrogens is 438 g/mol. The number of nitrogens with zero attached hydrogens (tertiary/aromatic N) is 3. The zero-order valence-electron chi connectivity index (χ0n) is 14.5. The van der Waals surface area contributed by atoms with Crippen molar-refractivity contribution >= 4 is 33.4 Å². The number of benzene rings is 2. The Hall–Kier alpha value is -3.21. The standard InChI is InChI=1S/C9H4ClF3N2.C9H5F3N2O/c10-8-6-3-5(9(11,12)13)1-2-7(6)14-4-15-8;10-9(11,12)5-1-2-7-6(3-5)8(15)14-4-13-7/h1-4H;1-4H,(H,13,14,15). The lowest BCUT2D eigenvalue weighted by atomic mass is 10.1. The van der Waals surface area contributed by atoms with Crippen LogP contribution in [-0.2, 0) is 12.4 Å². The van der Waals surface area contributed by atoms with E-state index in [-0.39, 0.29) is 21.4 Å². The number of H-pyrrole nitrogens is 1. The molecule has 0 radical (unpaired) electrons. The summed E-state index contributed by atoms with van der Waals surface area (Å²) < 4.78 is 74.0. The van der Waals surface area contributed by atoms with E-state index < -0.39 is 29.0 Å². The van der Waals surface area contributed by atoms with Gasteiger partial charge in [0.25, 0.3) is 5.56 Å². The van der Waals surface area contributed by atoms with Crippen LogP contribution >= 0.6 is 11.6 Å². The molecule has 2 aromatic carbocycles. The van der Waals surface area contributed by atoms with Crippen LogP contribution in [0, 0.1) is 0 Å². The molecule has 4 aromatic rings. The zero-order valence-corrected chi connectivity index (χ0v) is 15.3. The first kappa shape index (κ1) is 21.5. The minimum Gasteiger partial charge on any atom is -0.313 e. The lowest BCUT2D eigenvalue weighted by Crippen LogP contribution is -2.10. The maximum Gasteiger partial charge on any atom is 0.416 e. The van der Waals surface area contributed by atoms with Gasteiger partial charge in [0.2, 0.25) is 0 Å². The molecule has 30 heavy (non-hydrogen) atoms. The van der Waals surface area contributed by atoms with Gasteiger partial charge in [-0.15, -0.1) is 0 Å². The number of hydrogen-bond acceptors (Lipinski definition) is 4. The number of nitrogens with one attached hydrogen (secondary N) is 1. The van der Waals surface area contributed by atoms with E-state index in [9.17, 15) is 31.1 Å². The molecule has 1 N–H and O–H groups in total. The molecule has 0 unspecified atom stereocenters. The Morgan fingerprint density at radius 2 is 1.30 bits per heavy atom. The van der Waals surface area contributed by atoms with Crippen molar-refractivity contribution in [3.05, 3.63) is 75.7 Å². The zero-order chi connectivity index (χ0) is 22.1. The fourth-order valence-corrected chi connectivity index (χ4v) is 2.64. The van der Waals surface area contributed by atoms with Crippen LogP contribution in [0.15, 0.2) is 53.8 Å². The average Bonchev–Trinajstić information content (AvgIpc) is 2.67. The summed E-state index contributed by atoms with van der Waals surface area (Å²) in [7, 11) is 0. The molecule has 0 spiro atoms. The lowest BCUT2D eigenvalue weighted by molar-refractivity contribution is -0.138. The average molecular weight is 447 g/mol. The van der Waals surface area contributed by atoms with Crippen molar-refractivity contribution in [2.75, 3.05) is 0 Å². The van der Waals surface area contributed by atoms with Gasteiger partial charge in [-0.05, 0) is 36.4 Å². The normalized spacial score (nSPS) is 12.0. The second-order valence-electron chi connectivity index (χ2n) is 5.86. The van der Waals surface area contributed by atoms with E-state index in [0.717, 1.165) is 30.6 Å². The lowest BCUT2D eigenvalue weighted by Gasteiger charge is -2.07. The summed E-state index contributed by atoms with van der Waals surface area (Å²) in [5.41, 5.74) is -1.55. The third-order valence-electron chi connectivity index (χ3n) is 3.88. The van der Waals surface area contributed by atoms with E-state index in [1.54, 1.807) is 0 Å². The van der Waals surface area contributed by atoms with E-state index in [0.29, 0.717) is 5.52 Å². The number of fused-ring (bicyclic) bond motifs is 2. The molecule has 0 aliphatic carbocycles. The van der Waals surface area contributed by atoms with Gasteiger partial charge in [0.05, 0.1) is 33.9 Å². The van der Waals surface area contributed by atoms with Crippen molar-refractivity contribution in [1.29, 1.82) is 0 Å². The molecule has 0 amide bonds. The van der Waals surface area contributed by atoms with Crippen molar-refractivity contribution < 1.29 is 26.3 Å². The van der Waals surface area contributed by atoms with Crippen LogP contribution in [0.1, 0.15) is 11.1 Å². The molecule has 0 fully saturated rings. The number of alkyl halides is 6. The first-order valence-corrected chi connectivity index (χ1v) is 8.37. The number of hydrogen-bond donors (Lipinski definition) is 1. The highest BCUT2D eigenvalue weighted by Crippen LogP contribution is 2.32. The second kappa shape index (κ2) is 7.90. The number of rotatable bonds is 0. The van der Waals surface area contributed by atoms with Gasteiger partial charge in [-0.2, -0.15) is 26.3 Å². The van der Waals surface area contributed by atoms with Gasteiger partial charge in [-0.1, -0.05) is 11.6 Å². The molecule has 4 rings (SSSR count). The van der Waals surface area contributed by atoms with E-state index in [4.69, 9.17) is 11.6 Å². The molecule has 0 atom stereocenters. The Morgan fingerprint density at radius 3 is 1.87 bits per heavy atom. The molecule has 0 aliphatic heterocycles. The van der Waals surface area contributed by atoms with Crippen molar-refractivity contribution in [3.8, 4) is 0 Å². The highest BCUT2D eigenvalue weighted by Gasteiger charge is 2.31. The molecule has 0 aliphatic rings. The number of halogens is 7. The number of aromatic nitrogens is 4. The first-order valence-electron chi connectivity index (χ1n) is 7.99. The summed E-state index contributed by atoms with van der Waals surface area (Å²) in [6, 6.07) is 6.04. The fraction of sp³-hybridized carbons (Fsp3) is 0.111. The van der Waals surface area contributed by atoms with Crippen LogP contribution in [0.2, 0.25) is 5.15 Å². The second-order valence-corrected chi connectivity index (χ2v) is 6.21. The Labute approximate surface area is 168 Å². The third-order valence-corrected chi connectivity index (χ3v) is 4.18. The van der Waals surface area contributed by atoms with E-state index in [2.05, 4.69) is 19.9 Å². The monoisotopic (exact) mass is 446 g/mol. The van der Waals surface area contributed by atoms with Crippen LogP contribution in [0.3, 0.4) is 0 Å². The Morgan fingerprint density at radius 1 is 0.767 bits per heavy atom. The summed E-state index contributed by atoms with van der Waals surface area (Å²) in [6.45, 7) is 0. The quantitative estimate of drug-likeness (QED) is 0.296. The molecule has 2 heterocycles. The van der Waals surface area contributed by atoms with Gasteiger partial charge in [-0.3, -0.25) is 4.79 Å². The fourth-order valence-electron chi connectivity index (χ4n) is 2.45. The summed E-state index contributed by atoms with van der Waals surface area (Å²) >= 11 is 5.66. The van der Waals surface area contributed by atoms with Gasteiger partial charge in [-0.25, -0.2) is 15.0 Å². The summed E-state index contributed by atoms with van der Waals surface area (Å²) in [6.07, 6.45) is -6.47. The first-order chi connectivity index (χ1) is 14.0. The minimum atomic E-state index is -4.45. The van der Waals surface area contributed by atoms with Gasteiger partial charge in [0.1, 0.15) is 11.5 Å². The van der Waals surface area contributed by atoms with Crippen LogP contribution in [0.25, 0.3) is 21.8 Å². The largest absolute Gasteiger partial charge is 0.416 e. The Kier molecular flexibility index (Phi) is 5.66. The predicted molar refractivity (Wildman–Crippen MR) is 96.9 cm³/mol. The third kappa shape index (κ3) is 4.67. The van der Waals surface area contributed by atoms with E-state index in [1.165, 1.54) is 18.5 Å². The van der Waals surface area contributed by atoms with Crippen molar-refractivity contribution in [1.82, 2.24) is 19.9 Å². The van der Waals surface area contributed by atoms with Crippen LogP contribution < -0.4 is 5.56 Å². The molecule has 0 saturated heterocycles. The van der Waals surface area contributed by atoms with Crippen LogP contribution in [0.4, 0.5) is 26.3 Å². The molecular formula is C18H9ClF6N4O. The molecule has 2 aromatic heterocycles. The van der Waals surface area contributed by atoms with Gasteiger partial charge < -0.3 is 4.98 Å². The maximum absolute atomic E-state index is 12.4. The summed E-state index contributed by atoms with van der Waals surface area (Å²) in [4.78, 5) is 24.6. The molecule has 0 saturated carbocycles. The number of aromatic amines is 1. The Bertz CT molecular complexity index is 1270. The summed E-state index contributed by atoms with van der Waals surface area (Å²) in [5.74, 6) is 0. The van der Waals surface area contributed by atoms with Crippen LogP contribution in [0.5, 0.6) is 0 Å². The smallest absolute Gasteiger partial charge is 0.313 e. The minimum absolute atomic E-state index is 0.0195. The SMILES string of the molecule is FC(F)(F)c1ccc2ncnc(Cl)c2c1.O=c1[nH]cnc2ccc(C(F)(F)F)cc12. The molecule has 12 heteroatoms.